The zero-order chi connectivity index (χ0) is 35.5. The summed E-state index contributed by atoms with van der Waals surface area (Å²) in [5, 5.41) is 5.14. The molecule has 0 radical (unpaired) electrons. The monoisotopic (exact) mass is 818 g/mol. The van der Waals surface area contributed by atoms with Gasteiger partial charge in [-0.25, -0.2) is 0 Å². The Morgan fingerprint density at radius 1 is 0.500 bits per heavy atom. The summed E-state index contributed by atoms with van der Waals surface area (Å²) in [6.45, 7) is 17.4. The first-order valence-electron chi connectivity index (χ1n) is 17.2. The van der Waals surface area contributed by atoms with Gasteiger partial charge in [-0.3, -0.25) is 0 Å². The molecule has 6 aromatic carbocycles. The average Bonchev–Trinajstić information content (AvgIpc) is 3.90. The van der Waals surface area contributed by atoms with E-state index in [9.17, 15) is 0 Å². The van der Waals surface area contributed by atoms with Crippen LogP contribution in [-0.2, 0) is 23.3 Å². The van der Waals surface area contributed by atoms with Crippen LogP contribution in [-0.4, -0.2) is 5.43 Å². The summed E-state index contributed by atoms with van der Waals surface area (Å²) in [7, 11) is 0. The van der Waals surface area contributed by atoms with Gasteiger partial charge in [0.25, 0.3) is 0 Å². The Labute approximate surface area is 336 Å². The first-order valence-corrected chi connectivity index (χ1v) is 23.4. The molecular formula is C46H46Cl2O2SiZr. The Morgan fingerprint density at radius 3 is 1.15 bits per heavy atom. The van der Waals surface area contributed by atoms with Crippen LogP contribution in [0.2, 0.25) is 13.1 Å². The van der Waals surface area contributed by atoms with Gasteiger partial charge in [-0.1, -0.05) is 94.0 Å². The third-order valence-electron chi connectivity index (χ3n) is 9.23. The molecule has 0 aliphatic heterocycles. The Balaban J connectivity index is 0.000000204. The fourth-order valence-corrected chi connectivity index (χ4v) is 6.62. The topological polar surface area (TPSA) is 26.3 Å². The molecule has 0 aliphatic carbocycles. The summed E-state index contributed by atoms with van der Waals surface area (Å²) in [6.07, 6.45) is 0. The van der Waals surface area contributed by atoms with Crippen molar-refractivity contribution in [2.75, 3.05) is 0 Å². The minimum atomic E-state index is 0. The molecule has 8 rings (SSSR count). The molecule has 0 aliphatic rings. The number of halogens is 2. The van der Waals surface area contributed by atoms with Crippen molar-refractivity contribution in [3.05, 3.63) is 155 Å². The Hall–Kier alpha value is -3.66. The van der Waals surface area contributed by atoms with Crippen molar-refractivity contribution in [2.24, 2.45) is 0 Å². The second kappa shape index (κ2) is 17.9. The number of aryl methyl sites for hydroxylation is 4. The van der Waals surface area contributed by atoms with Crippen LogP contribution in [0.4, 0.5) is 0 Å². The van der Waals surface area contributed by atoms with Crippen molar-refractivity contribution in [3.8, 4) is 44.9 Å². The summed E-state index contributed by atoms with van der Waals surface area (Å²) in [4.78, 5) is 0. The number of furan rings is 2. The summed E-state index contributed by atoms with van der Waals surface area (Å²) in [5.41, 5.74) is 13.0. The van der Waals surface area contributed by atoms with E-state index in [4.69, 9.17) is 8.83 Å². The summed E-state index contributed by atoms with van der Waals surface area (Å²) in [6, 6.07) is 42.9. The maximum absolute atomic E-state index is 5.81. The Kier molecular flexibility index (Phi) is 14.2. The standard InChI is InChI=1S/2C22H19O.C2H6Si.2ClH.Zr/c2*1-14-11-18-12-19(21-10-9-15(2)23-21)13-20(18)22(16(14)3)17-7-5-4-6-8-17;1-3-2;;;/h2*4-13H,1-3H3;1-2H3;2*1H;/q2*-1;;;;+2. The van der Waals surface area contributed by atoms with E-state index in [1.165, 1.54) is 66.1 Å². The van der Waals surface area contributed by atoms with Gasteiger partial charge in [0, 0.05) is 0 Å². The molecule has 0 amide bonds. The van der Waals surface area contributed by atoms with Crippen LogP contribution in [0.25, 0.3) is 66.4 Å². The van der Waals surface area contributed by atoms with Gasteiger partial charge < -0.3 is 8.83 Å². The van der Waals surface area contributed by atoms with E-state index in [-0.39, 0.29) is 30.2 Å². The van der Waals surface area contributed by atoms with Gasteiger partial charge in [-0.2, -0.15) is 0 Å². The van der Waals surface area contributed by atoms with E-state index in [1.54, 1.807) is 23.3 Å². The molecule has 0 atom stereocenters. The summed E-state index contributed by atoms with van der Waals surface area (Å²) in [5.74, 6) is 3.77. The van der Waals surface area contributed by atoms with E-state index < -0.39 is 0 Å². The van der Waals surface area contributed by atoms with Crippen molar-refractivity contribution < 1.29 is 32.2 Å². The summed E-state index contributed by atoms with van der Waals surface area (Å²) >= 11 is 1.74. The molecule has 2 aromatic heterocycles. The van der Waals surface area contributed by atoms with Gasteiger partial charge in [0.1, 0.15) is 0 Å². The maximum Gasteiger partial charge on any atom is 0.0896 e. The van der Waals surface area contributed by atoms with Gasteiger partial charge >= 0.3 is 41.9 Å². The molecule has 6 heteroatoms. The van der Waals surface area contributed by atoms with Gasteiger partial charge in [-0.05, 0) is 88.1 Å². The molecule has 2 heterocycles. The molecule has 2 nitrogen and oxygen atoms in total. The molecule has 0 unspecified atom stereocenters. The van der Waals surface area contributed by atoms with Crippen LogP contribution in [0.3, 0.4) is 0 Å². The van der Waals surface area contributed by atoms with Crippen molar-refractivity contribution in [2.45, 2.75) is 54.6 Å². The second-order valence-electron chi connectivity index (χ2n) is 13.4. The predicted octanol–water partition coefficient (Wildman–Crippen LogP) is 14.4. The van der Waals surface area contributed by atoms with Crippen molar-refractivity contribution in [1.29, 1.82) is 0 Å². The molecular weight excluding hydrogens is 775 g/mol. The van der Waals surface area contributed by atoms with Gasteiger partial charge in [0.05, 0.1) is 23.0 Å². The summed E-state index contributed by atoms with van der Waals surface area (Å²) < 4.78 is 11.6. The normalized spacial score (nSPS) is 10.5. The van der Waals surface area contributed by atoms with E-state index in [2.05, 4.69) is 138 Å². The molecule has 0 fully saturated rings. The minimum Gasteiger partial charge on any atom is -0.496 e. The number of rotatable bonds is 4. The molecule has 0 bridgehead atoms. The minimum absolute atomic E-state index is 0. The molecule has 0 N–H and O–H groups in total. The van der Waals surface area contributed by atoms with E-state index in [1.807, 2.05) is 38.1 Å². The van der Waals surface area contributed by atoms with Gasteiger partial charge in [-0.15, -0.1) is 82.8 Å². The SMILES string of the molecule is C[Si](C)=[Zr+2].Cc1ccc(-c2cc3c(-c4ccccc4)c(C)c(C)cc3[cH-]2)o1.Cc1ccc(-c2cc3c(-c4ccccc4)c(C)c(C)cc3[cH-]2)o1.Cl.Cl. The zero-order valence-electron chi connectivity index (χ0n) is 31.2. The number of fused-ring (bicyclic) bond motifs is 2. The molecule has 0 spiro atoms. The third kappa shape index (κ3) is 9.10. The number of hydrogen-bond donors (Lipinski definition) is 0. The second-order valence-corrected chi connectivity index (χ2v) is 22.8. The fourth-order valence-electron chi connectivity index (χ4n) is 6.62. The van der Waals surface area contributed by atoms with E-state index >= 15 is 0 Å². The Bertz CT molecular complexity index is 2260. The quantitative estimate of drug-likeness (QED) is 0.131. The van der Waals surface area contributed by atoms with Crippen molar-refractivity contribution in [3.63, 3.8) is 0 Å². The first-order chi connectivity index (χ1) is 24.0. The van der Waals surface area contributed by atoms with Gasteiger partial charge in [0.2, 0.25) is 0 Å². The average molecular weight is 821 g/mol. The number of benzene rings is 4. The van der Waals surface area contributed by atoms with Crippen LogP contribution in [0.15, 0.2) is 130 Å². The van der Waals surface area contributed by atoms with Crippen LogP contribution in [0, 0.1) is 41.5 Å². The molecule has 52 heavy (non-hydrogen) atoms. The smallest absolute Gasteiger partial charge is 0.0896 e. The number of hydrogen-bond acceptors (Lipinski definition) is 2. The fraction of sp³-hybridized carbons (Fsp3) is 0.174. The molecule has 8 aromatic rings. The van der Waals surface area contributed by atoms with Crippen LogP contribution >= 0.6 is 24.8 Å². The van der Waals surface area contributed by atoms with Gasteiger partial charge in [0.15, 0.2) is 0 Å². The van der Waals surface area contributed by atoms with Crippen molar-refractivity contribution in [1.82, 2.24) is 0 Å². The predicted molar refractivity (Wildman–Crippen MR) is 226 cm³/mol. The van der Waals surface area contributed by atoms with Crippen molar-refractivity contribution >= 4 is 51.8 Å². The van der Waals surface area contributed by atoms with E-state index in [0.717, 1.165) is 34.2 Å². The van der Waals surface area contributed by atoms with Crippen LogP contribution in [0.1, 0.15) is 33.8 Å². The molecule has 0 saturated heterocycles. The maximum atomic E-state index is 5.81. The first kappa shape index (κ1) is 41.1. The Morgan fingerprint density at radius 2 is 0.846 bits per heavy atom. The molecule has 264 valence electrons. The zero-order valence-corrected chi connectivity index (χ0v) is 36.3. The third-order valence-corrected chi connectivity index (χ3v) is 9.23. The van der Waals surface area contributed by atoms with Crippen LogP contribution < -0.4 is 0 Å². The largest absolute Gasteiger partial charge is 0.496 e. The molecule has 0 saturated carbocycles. The van der Waals surface area contributed by atoms with Crippen LogP contribution in [0.5, 0.6) is 0 Å². The van der Waals surface area contributed by atoms with E-state index in [0.29, 0.717) is 0 Å².